The molecule has 0 aliphatic rings. The maximum Gasteiger partial charge on any atom is 0.270 e. The van der Waals surface area contributed by atoms with Gasteiger partial charge in [-0.05, 0) is 51.3 Å². The van der Waals surface area contributed by atoms with Crippen molar-refractivity contribution in [1.82, 2.24) is 9.88 Å². The van der Waals surface area contributed by atoms with Crippen LogP contribution in [0.1, 0.15) is 16.1 Å². The van der Waals surface area contributed by atoms with Crippen LogP contribution in [-0.4, -0.2) is 55.0 Å². The molecule has 4 rings (SSSR count). The van der Waals surface area contributed by atoms with Gasteiger partial charge in [0.25, 0.3) is 11.6 Å². The fourth-order valence-electron chi connectivity index (χ4n) is 3.43. The molecule has 0 saturated carbocycles. The lowest BCUT2D eigenvalue weighted by molar-refractivity contribution is -0.384. The standard InChI is InChI=1S/C22H21ClN4O4S2/c1-25(2)9-4-10-26(22-24-19-16(31-3)7-6-15(23)20(19)33-22)21(28)18-12-13-11-14(27(29)30)5-8-17(13)32-18/h5-8,11-12H,4,9-10H2,1-3H3. The van der Waals surface area contributed by atoms with E-state index < -0.39 is 4.92 Å². The third kappa shape index (κ3) is 4.79. The van der Waals surface area contributed by atoms with Gasteiger partial charge in [0, 0.05) is 28.8 Å². The van der Waals surface area contributed by atoms with E-state index in [2.05, 4.69) is 4.90 Å². The normalized spacial score (nSPS) is 11.4. The van der Waals surface area contributed by atoms with E-state index in [0.717, 1.165) is 22.4 Å². The summed E-state index contributed by atoms with van der Waals surface area (Å²) >= 11 is 9.04. The fourth-order valence-corrected chi connectivity index (χ4v) is 5.71. The Bertz CT molecular complexity index is 1350. The molecule has 2 heterocycles. The molecule has 2 aromatic carbocycles. The molecule has 1 amide bonds. The van der Waals surface area contributed by atoms with Crippen LogP contribution < -0.4 is 9.64 Å². The van der Waals surface area contributed by atoms with Gasteiger partial charge >= 0.3 is 0 Å². The average molecular weight is 505 g/mol. The average Bonchev–Trinajstić information content (AvgIpc) is 3.41. The number of aromatic nitrogens is 1. The topological polar surface area (TPSA) is 88.8 Å². The van der Waals surface area contributed by atoms with E-state index in [1.54, 1.807) is 36.3 Å². The van der Waals surface area contributed by atoms with Gasteiger partial charge in [0.2, 0.25) is 0 Å². The maximum absolute atomic E-state index is 13.6. The number of non-ortho nitro benzene ring substituents is 1. The predicted molar refractivity (Wildman–Crippen MR) is 135 cm³/mol. The van der Waals surface area contributed by atoms with Crippen molar-refractivity contribution in [2.24, 2.45) is 0 Å². The predicted octanol–water partition coefficient (Wildman–Crippen LogP) is 5.68. The lowest BCUT2D eigenvalue weighted by Crippen LogP contribution is -2.32. The van der Waals surface area contributed by atoms with Gasteiger partial charge in [-0.25, -0.2) is 4.98 Å². The van der Waals surface area contributed by atoms with E-state index in [0.29, 0.717) is 38.2 Å². The molecule has 0 saturated heterocycles. The number of benzene rings is 2. The van der Waals surface area contributed by atoms with E-state index in [1.807, 2.05) is 14.1 Å². The van der Waals surface area contributed by atoms with Gasteiger partial charge in [-0.2, -0.15) is 0 Å². The van der Waals surface area contributed by atoms with E-state index in [-0.39, 0.29) is 11.6 Å². The zero-order valence-electron chi connectivity index (χ0n) is 18.2. The zero-order valence-corrected chi connectivity index (χ0v) is 20.6. The number of amides is 1. The summed E-state index contributed by atoms with van der Waals surface area (Å²) in [5.74, 6) is 0.388. The molecule has 0 unspecified atom stereocenters. The van der Waals surface area contributed by atoms with Crippen molar-refractivity contribution < 1.29 is 14.5 Å². The molecule has 0 atom stereocenters. The number of nitrogens with zero attached hydrogens (tertiary/aromatic N) is 4. The lowest BCUT2D eigenvalue weighted by Gasteiger charge is -2.20. The van der Waals surface area contributed by atoms with Gasteiger partial charge in [-0.15, -0.1) is 11.3 Å². The molecule has 0 radical (unpaired) electrons. The Morgan fingerprint density at radius 1 is 1.18 bits per heavy atom. The lowest BCUT2D eigenvalue weighted by atomic mass is 10.2. The second-order valence-electron chi connectivity index (χ2n) is 7.63. The highest BCUT2D eigenvalue weighted by Crippen LogP contribution is 2.39. The Kier molecular flexibility index (Phi) is 6.80. The number of hydrogen-bond donors (Lipinski definition) is 0. The van der Waals surface area contributed by atoms with Gasteiger partial charge in [0.1, 0.15) is 11.3 Å². The largest absolute Gasteiger partial charge is 0.494 e. The Hall–Kier alpha value is -2.79. The summed E-state index contributed by atoms with van der Waals surface area (Å²) < 4.78 is 6.99. The molecule has 8 nitrogen and oxygen atoms in total. The first kappa shape index (κ1) is 23.4. The molecule has 2 aromatic heterocycles. The third-order valence-electron chi connectivity index (χ3n) is 5.05. The second kappa shape index (κ2) is 9.60. The number of rotatable bonds is 8. The summed E-state index contributed by atoms with van der Waals surface area (Å²) in [6.45, 7) is 1.27. The number of ether oxygens (including phenoxy) is 1. The zero-order chi connectivity index (χ0) is 23.7. The summed E-state index contributed by atoms with van der Waals surface area (Å²) in [4.78, 5) is 33.2. The molecular weight excluding hydrogens is 484 g/mol. The first-order chi connectivity index (χ1) is 15.8. The number of halogens is 1. The molecule has 0 spiro atoms. The van der Waals surface area contributed by atoms with Gasteiger partial charge in [-0.3, -0.25) is 19.8 Å². The van der Waals surface area contributed by atoms with Crippen LogP contribution >= 0.6 is 34.3 Å². The van der Waals surface area contributed by atoms with E-state index in [9.17, 15) is 14.9 Å². The number of carbonyl (C=O) groups is 1. The third-order valence-corrected chi connectivity index (χ3v) is 7.69. The van der Waals surface area contributed by atoms with Crippen LogP contribution in [-0.2, 0) is 0 Å². The van der Waals surface area contributed by atoms with Crippen LogP contribution in [0.15, 0.2) is 36.4 Å². The highest BCUT2D eigenvalue weighted by Gasteiger charge is 2.25. The monoisotopic (exact) mass is 504 g/mol. The van der Waals surface area contributed by atoms with Gasteiger partial charge in [0.15, 0.2) is 5.13 Å². The highest BCUT2D eigenvalue weighted by atomic mass is 35.5. The van der Waals surface area contributed by atoms with Crippen LogP contribution in [0.4, 0.5) is 10.8 Å². The Morgan fingerprint density at radius 3 is 2.67 bits per heavy atom. The Labute approximate surface area is 203 Å². The van der Waals surface area contributed by atoms with Crippen molar-refractivity contribution in [3.05, 3.63) is 56.4 Å². The number of thiazole rings is 1. The molecule has 0 N–H and O–H groups in total. The Morgan fingerprint density at radius 2 is 1.97 bits per heavy atom. The molecular formula is C22H21ClN4O4S2. The molecule has 172 valence electrons. The number of methoxy groups -OCH3 is 1. The van der Waals surface area contributed by atoms with Crippen LogP contribution in [0.2, 0.25) is 5.02 Å². The minimum absolute atomic E-state index is 0.00459. The quantitative estimate of drug-likeness (QED) is 0.226. The summed E-state index contributed by atoms with van der Waals surface area (Å²) in [7, 11) is 5.53. The molecule has 33 heavy (non-hydrogen) atoms. The summed E-state index contributed by atoms with van der Waals surface area (Å²) in [6.07, 6.45) is 0.746. The highest BCUT2D eigenvalue weighted by molar-refractivity contribution is 7.23. The Balaban J connectivity index is 1.75. The molecule has 0 bridgehead atoms. The first-order valence-corrected chi connectivity index (χ1v) is 12.1. The number of carbonyl (C=O) groups excluding carboxylic acids is 1. The number of anilines is 1. The van der Waals surface area contributed by atoms with Gasteiger partial charge < -0.3 is 9.64 Å². The van der Waals surface area contributed by atoms with Crippen molar-refractivity contribution in [3.63, 3.8) is 0 Å². The number of nitro benzene ring substituents is 1. The fraction of sp³-hybridized carbons (Fsp3) is 0.273. The minimum Gasteiger partial charge on any atom is -0.494 e. The molecule has 11 heteroatoms. The van der Waals surface area contributed by atoms with Crippen molar-refractivity contribution in [3.8, 4) is 5.75 Å². The molecule has 4 aromatic rings. The van der Waals surface area contributed by atoms with Crippen LogP contribution in [0.25, 0.3) is 20.3 Å². The number of hydrogen-bond acceptors (Lipinski definition) is 8. The van der Waals surface area contributed by atoms with Gasteiger partial charge in [-0.1, -0.05) is 22.9 Å². The minimum atomic E-state index is -0.440. The van der Waals surface area contributed by atoms with Crippen LogP contribution in [0.3, 0.4) is 0 Å². The molecule has 0 fully saturated rings. The van der Waals surface area contributed by atoms with Crippen molar-refractivity contribution in [1.29, 1.82) is 0 Å². The summed E-state index contributed by atoms with van der Waals surface area (Å²) in [6, 6.07) is 9.82. The second-order valence-corrected chi connectivity index (χ2v) is 10.1. The number of thiophene rings is 1. The number of fused-ring (bicyclic) bond motifs is 2. The van der Waals surface area contributed by atoms with Crippen molar-refractivity contribution in [2.75, 3.05) is 39.2 Å². The summed E-state index contributed by atoms with van der Waals surface area (Å²) in [5, 5.41) is 12.9. The van der Waals surface area contributed by atoms with E-state index >= 15 is 0 Å². The SMILES string of the molecule is COc1ccc(Cl)c2sc(N(CCCN(C)C)C(=O)c3cc4cc([N+](=O)[O-])ccc4s3)nc12. The molecule has 0 aliphatic heterocycles. The van der Waals surface area contributed by atoms with Gasteiger partial charge in [0.05, 0.1) is 26.6 Å². The summed E-state index contributed by atoms with van der Waals surface area (Å²) in [5.41, 5.74) is 0.609. The van der Waals surface area contributed by atoms with E-state index in [4.69, 9.17) is 21.3 Å². The number of nitro groups is 1. The van der Waals surface area contributed by atoms with Crippen molar-refractivity contribution >= 4 is 71.3 Å². The van der Waals surface area contributed by atoms with Crippen molar-refractivity contribution in [2.45, 2.75) is 6.42 Å². The molecule has 0 aliphatic carbocycles. The smallest absolute Gasteiger partial charge is 0.270 e. The first-order valence-electron chi connectivity index (χ1n) is 10.1. The van der Waals surface area contributed by atoms with E-state index in [1.165, 1.54) is 34.8 Å². The van der Waals surface area contributed by atoms with Crippen LogP contribution in [0, 0.1) is 10.1 Å². The maximum atomic E-state index is 13.6. The van der Waals surface area contributed by atoms with Crippen LogP contribution in [0.5, 0.6) is 5.75 Å².